The van der Waals surface area contributed by atoms with Crippen LogP contribution in [0.15, 0.2) is 18.3 Å². The van der Waals surface area contributed by atoms with Crippen molar-refractivity contribution in [1.82, 2.24) is 10.4 Å². The molecule has 1 heterocycles. The van der Waals surface area contributed by atoms with Crippen LogP contribution in [-0.2, 0) is 0 Å². The van der Waals surface area contributed by atoms with Gasteiger partial charge in [0.15, 0.2) is 0 Å². The minimum Gasteiger partial charge on any atom is -0.289 e. The molecule has 4 nitrogen and oxygen atoms in total. The fourth-order valence-electron chi connectivity index (χ4n) is 0.584. The van der Waals surface area contributed by atoms with Crippen LogP contribution in [0.3, 0.4) is 0 Å². The summed E-state index contributed by atoms with van der Waals surface area (Å²) in [6, 6.07) is 2.38. The van der Waals surface area contributed by atoms with Crippen molar-refractivity contribution in [2.24, 2.45) is 5.84 Å². The number of nitrogen functional groups attached to an aromatic ring is 1. The predicted octanol–water partition coefficient (Wildman–Crippen LogP) is 0.246. The quantitative estimate of drug-likeness (QED) is 0.380. The summed E-state index contributed by atoms with van der Waals surface area (Å²) < 4.78 is 12.2. The van der Waals surface area contributed by atoms with E-state index in [0.717, 1.165) is 12.3 Å². The van der Waals surface area contributed by atoms with E-state index in [2.05, 4.69) is 4.98 Å². The third-order valence-corrected chi connectivity index (χ3v) is 1.09. The van der Waals surface area contributed by atoms with E-state index in [4.69, 9.17) is 5.84 Å². The van der Waals surface area contributed by atoms with Crippen LogP contribution in [0.4, 0.5) is 4.39 Å². The Hall–Kier alpha value is -1.20. The lowest BCUT2D eigenvalue weighted by atomic mass is 10.3. The van der Waals surface area contributed by atoms with Crippen molar-refractivity contribution in [1.29, 1.82) is 0 Å². The summed E-state index contributed by atoms with van der Waals surface area (Å²) >= 11 is 0. The van der Waals surface area contributed by atoms with Gasteiger partial charge in [-0.15, -0.1) is 12.4 Å². The van der Waals surface area contributed by atoms with Crippen molar-refractivity contribution in [3.63, 3.8) is 0 Å². The second-order valence-electron chi connectivity index (χ2n) is 1.84. The van der Waals surface area contributed by atoms with Crippen molar-refractivity contribution >= 4 is 18.3 Å². The van der Waals surface area contributed by atoms with Gasteiger partial charge in [0.2, 0.25) is 0 Å². The van der Waals surface area contributed by atoms with Crippen molar-refractivity contribution < 1.29 is 9.18 Å². The average Bonchev–Trinajstić information content (AvgIpc) is 2.05. The molecule has 1 aromatic heterocycles. The zero-order chi connectivity index (χ0) is 8.27. The Morgan fingerprint density at radius 1 is 1.58 bits per heavy atom. The van der Waals surface area contributed by atoms with Crippen LogP contribution in [0.5, 0.6) is 0 Å². The van der Waals surface area contributed by atoms with E-state index >= 15 is 0 Å². The number of pyridine rings is 1. The van der Waals surface area contributed by atoms with Crippen LogP contribution >= 0.6 is 12.4 Å². The number of halogens is 2. The number of rotatable bonds is 1. The first-order valence-corrected chi connectivity index (χ1v) is 2.86. The molecule has 0 aliphatic heterocycles. The number of amides is 1. The molecular formula is C6H7ClFN3O. The van der Waals surface area contributed by atoms with Crippen LogP contribution in [0, 0.1) is 5.82 Å². The molecule has 0 radical (unpaired) electrons. The number of hydrogen-bond acceptors (Lipinski definition) is 3. The van der Waals surface area contributed by atoms with Crippen LogP contribution in [0.2, 0.25) is 0 Å². The smallest absolute Gasteiger partial charge is 0.283 e. The van der Waals surface area contributed by atoms with Crippen LogP contribution in [0.25, 0.3) is 0 Å². The van der Waals surface area contributed by atoms with Crippen LogP contribution in [0.1, 0.15) is 10.5 Å². The Kier molecular flexibility index (Phi) is 4.17. The van der Waals surface area contributed by atoms with Gasteiger partial charge in [0.1, 0.15) is 11.5 Å². The van der Waals surface area contributed by atoms with E-state index < -0.39 is 11.7 Å². The molecule has 0 aliphatic rings. The molecule has 12 heavy (non-hydrogen) atoms. The first-order valence-electron chi connectivity index (χ1n) is 2.86. The van der Waals surface area contributed by atoms with Gasteiger partial charge in [0, 0.05) is 0 Å². The first kappa shape index (κ1) is 10.8. The maximum absolute atomic E-state index is 12.2. The van der Waals surface area contributed by atoms with Crippen LogP contribution < -0.4 is 11.3 Å². The van der Waals surface area contributed by atoms with E-state index in [1.165, 1.54) is 6.07 Å². The molecule has 1 amide bonds. The number of aromatic nitrogens is 1. The third kappa shape index (κ3) is 2.44. The number of carbonyl (C=O) groups is 1. The van der Waals surface area contributed by atoms with Gasteiger partial charge in [0.25, 0.3) is 5.91 Å². The minimum absolute atomic E-state index is 0. The van der Waals surface area contributed by atoms with Gasteiger partial charge in [-0.05, 0) is 12.1 Å². The highest BCUT2D eigenvalue weighted by molar-refractivity contribution is 5.91. The summed E-state index contributed by atoms with van der Waals surface area (Å²) in [5.41, 5.74) is 1.97. The molecule has 6 heteroatoms. The van der Waals surface area contributed by atoms with Gasteiger partial charge in [0.05, 0.1) is 6.20 Å². The normalized spacial score (nSPS) is 8.50. The molecule has 1 aromatic rings. The molecular weight excluding hydrogens is 185 g/mol. The summed E-state index contributed by atoms with van der Waals surface area (Å²) in [6.07, 6.45) is 0.949. The van der Waals surface area contributed by atoms with Gasteiger partial charge >= 0.3 is 0 Å². The summed E-state index contributed by atoms with van der Waals surface area (Å²) in [5, 5.41) is 0. The van der Waals surface area contributed by atoms with Gasteiger partial charge < -0.3 is 0 Å². The van der Waals surface area contributed by atoms with Crippen molar-refractivity contribution in [2.75, 3.05) is 0 Å². The van der Waals surface area contributed by atoms with Gasteiger partial charge in [-0.1, -0.05) is 0 Å². The Morgan fingerprint density at radius 3 is 2.67 bits per heavy atom. The molecule has 0 saturated carbocycles. The molecule has 0 unspecified atom stereocenters. The molecule has 0 saturated heterocycles. The first-order chi connectivity index (χ1) is 5.24. The highest BCUT2D eigenvalue weighted by Crippen LogP contribution is 1.96. The van der Waals surface area contributed by atoms with Crippen molar-refractivity contribution in [3.05, 3.63) is 29.8 Å². The Morgan fingerprint density at radius 2 is 2.25 bits per heavy atom. The van der Waals surface area contributed by atoms with Crippen LogP contribution in [-0.4, -0.2) is 10.9 Å². The number of hydrazine groups is 1. The largest absolute Gasteiger partial charge is 0.289 e. The topological polar surface area (TPSA) is 68.0 Å². The maximum Gasteiger partial charge on any atom is 0.283 e. The van der Waals surface area contributed by atoms with E-state index in [1.54, 1.807) is 0 Å². The Labute approximate surface area is 74.4 Å². The monoisotopic (exact) mass is 191 g/mol. The zero-order valence-electron chi connectivity index (χ0n) is 5.95. The summed E-state index contributed by atoms with van der Waals surface area (Å²) in [5.74, 6) is 3.78. The molecule has 0 aliphatic carbocycles. The zero-order valence-corrected chi connectivity index (χ0v) is 6.77. The third-order valence-electron chi connectivity index (χ3n) is 1.09. The lowest BCUT2D eigenvalue weighted by Crippen LogP contribution is -2.30. The minimum atomic E-state index is -0.537. The van der Waals surface area contributed by atoms with Crippen molar-refractivity contribution in [3.8, 4) is 0 Å². The molecule has 0 bridgehead atoms. The summed E-state index contributed by atoms with van der Waals surface area (Å²) in [7, 11) is 0. The lowest BCUT2D eigenvalue weighted by Gasteiger charge is -1.96. The van der Waals surface area contributed by atoms with Gasteiger partial charge in [-0.3, -0.25) is 10.2 Å². The van der Waals surface area contributed by atoms with E-state index in [9.17, 15) is 9.18 Å². The fraction of sp³-hybridized carbons (Fsp3) is 0. The number of hydrogen-bond donors (Lipinski definition) is 2. The highest BCUT2D eigenvalue weighted by atomic mass is 35.5. The van der Waals surface area contributed by atoms with Crippen molar-refractivity contribution in [2.45, 2.75) is 0 Å². The second-order valence-corrected chi connectivity index (χ2v) is 1.84. The van der Waals surface area contributed by atoms with Gasteiger partial charge in [-0.25, -0.2) is 15.2 Å². The molecule has 3 N–H and O–H groups in total. The Balaban J connectivity index is 0.00000121. The van der Waals surface area contributed by atoms with E-state index in [1.807, 2.05) is 5.43 Å². The lowest BCUT2D eigenvalue weighted by molar-refractivity contribution is 0.0948. The summed E-state index contributed by atoms with van der Waals surface area (Å²) in [6.45, 7) is 0. The standard InChI is InChI=1S/C6H6FN3O.ClH/c7-4-1-2-5(9-3-4)6(11)10-8;/h1-3H,8H2,(H,10,11);1H. The van der Waals surface area contributed by atoms with Gasteiger partial charge in [-0.2, -0.15) is 0 Å². The van der Waals surface area contributed by atoms with E-state index in [-0.39, 0.29) is 18.1 Å². The molecule has 0 spiro atoms. The molecule has 0 aromatic carbocycles. The predicted molar refractivity (Wildman–Crippen MR) is 43.1 cm³/mol. The fourth-order valence-corrected chi connectivity index (χ4v) is 0.584. The molecule has 0 atom stereocenters. The number of nitrogens with two attached hydrogens (primary N) is 1. The average molecular weight is 192 g/mol. The number of carbonyl (C=O) groups excluding carboxylic acids is 1. The highest BCUT2D eigenvalue weighted by Gasteiger charge is 2.03. The maximum atomic E-state index is 12.2. The second kappa shape index (κ2) is 4.63. The molecule has 1 rings (SSSR count). The molecule has 66 valence electrons. The summed E-state index contributed by atoms with van der Waals surface area (Å²) in [4.78, 5) is 14.2. The number of nitrogens with one attached hydrogen (secondary N) is 1. The molecule has 0 fully saturated rings. The van der Waals surface area contributed by atoms with E-state index in [0.29, 0.717) is 0 Å². The Bertz CT molecular complexity index is 264. The number of nitrogens with zero attached hydrogens (tertiary/aromatic N) is 1. The SMILES string of the molecule is Cl.NNC(=O)c1ccc(F)cn1.